The van der Waals surface area contributed by atoms with Crippen LogP contribution in [0.1, 0.15) is 28.4 Å². The third-order valence-corrected chi connectivity index (χ3v) is 6.60. The molecule has 5 rings (SSSR count). The van der Waals surface area contributed by atoms with E-state index in [9.17, 15) is 14.7 Å². The van der Waals surface area contributed by atoms with Gasteiger partial charge in [0.25, 0.3) is 11.7 Å². The van der Waals surface area contributed by atoms with Gasteiger partial charge in [0.15, 0.2) is 0 Å². The van der Waals surface area contributed by atoms with Crippen LogP contribution in [0.4, 0.5) is 5.69 Å². The fourth-order valence-corrected chi connectivity index (χ4v) is 4.93. The van der Waals surface area contributed by atoms with Crippen molar-refractivity contribution in [1.29, 1.82) is 0 Å². The number of nitrogens with zero attached hydrogens (tertiary/aromatic N) is 1. The van der Waals surface area contributed by atoms with Gasteiger partial charge in [-0.15, -0.1) is 0 Å². The van der Waals surface area contributed by atoms with E-state index in [4.69, 9.17) is 9.47 Å². The molecule has 1 fully saturated rings. The van der Waals surface area contributed by atoms with Crippen molar-refractivity contribution in [2.24, 2.45) is 0 Å². The zero-order valence-corrected chi connectivity index (χ0v) is 20.5. The number of hydrogen-bond donors (Lipinski definition) is 2. The number of aromatic nitrogens is 1. The van der Waals surface area contributed by atoms with E-state index in [0.717, 1.165) is 27.7 Å². The fourth-order valence-electron chi connectivity index (χ4n) is 4.93. The van der Waals surface area contributed by atoms with Gasteiger partial charge in [-0.25, -0.2) is 0 Å². The van der Waals surface area contributed by atoms with E-state index in [0.29, 0.717) is 22.7 Å². The summed E-state index contributed by atoms with van der Waals surface area (Å²) in [7, 11) is 3.04. The number of aliphatic hydroxyl groups is 1. The second-order valence-corrected chi connectivity index (χ2v) is 8.78. The highest BCUT2D eigenvalue weighted by Crippen LogP contribution is 2.46. The number of methoxy groups -OCH3 is 2. The summed E-state index contributed by atoms with van der Waals surface area (Å²) in [5.41, 5.74) is 4.11. The van der Waals surface area contributed by atoms with E-state index in [1.165, 1.54) is 12.0 Å². The van der Waals surface area contributed by atoms with Gasteiger partial charge in [0.1, 0.15) is 17.3 Å². The number of fused-ring (bicyclic) bond motifs is 1. The number of hydrogen-bond acceptors (Lipinski definition) is 5. The number of aryl methyl sites for hydroxylation is 2. The van der Waals surface area contributed by atoms with Crippen LogP contribution >= 0.6 is 0 Å². The lowest BCUT2D eigenvalue weighted by Crippen LogP contribution is -2.29. The Bertz CT molecular complexity index is 1550. The Balaban J connectivity index is 1.84. The van der Waals surface area contributed by atoms with Crippen LogP contribution in [0.25, 0.3) is 16.7 Å². The molecule has 0 spiro atoms. The Morgan fingerprint density at radius 3 is 2.47 bits per heavy atom. The molecule has 7 nitrogen and oxygen atoms in total. The van der Waals surface area contributed by atoms with Gasteiger partial charge in [-0.2, -0.15) is 0 Å². The Morgan fingerprint density at radius 2 is 1.72 bits per heavy atom. The second-order valence-electron chi connectivity index (χ2n) is 8.78. The quantitative estimate of drug-likeness (QED) is 0.225. The lowest BCUT2D eigenvalue weighted by Gasteiger charge is -2.26. The molecule has 1 aliphatic rings. The van der Waals surface area contributed by atoms with Crippen molar-refractivity contribution >= 4 is 34.0 Å². The molecule has 3 aromatic carbocycles. The number of nitrogens with one attached hydrogen (secondary N) is 1. The smallest absolute Gasteiger partial charge is 0.300 e. The zero-order chi connectivity index (χ0) is 25.6. The van der Waals surface area contributed by atoms with Crippen molar-refractivity contribution in [3.8, 4) is 11.5 Å². The predicted octanol–water partition coefficient (Wildman–Crippen LogP) is 5.43. The van der Waals surface area contributed by atoms with E-state index >= 15 is 0 Å². The Labute approximate surface area is 208 Å². The van der Waals surface area contributed by atoms with Crippen LogP contribution in [-0.2, 0) is 9.59 Å². The number of amides is 1. The highest BCUT2D eigenvalue weighted by Gasteiger charge is 2.48. The molecule has 1 unspecified atom stereocenters. The normalized spacial score (nSPS) is 17.1. The molecule has 1 saturated heterocycles. The number of anilines is 1. The van der Waals surface area contributed by atoms with Gasteiger partial charge in [-0.1, -0.05) is 35.9 Å². The van der Waals surface area contributed by atoms with Crippen LogP contribution < -0.4 is 14.4 Å². The predicted molar refractivity (Wildman–Crippen MR) is 139 cm³/mol. The maximum absolute atomic E-state index is 13.6. The van der Waals surface area contributed by atoms with Gasteiger partial charge in [0.2, 0.25) is 0 Å². The van der Waals surface area contributed by atoms with Gasteiger partial charge in [0, 0.05) is 33.9 Å². The number of para-hydroxylation sites is 1. The molecule has 1 aliphatic heterocycles. The first-order chi connectivity index (χ1) is 17.3. The van der Waals surface area contributed by atoms with Gasteiger partial charge in [-0.05, 0) is 44.2 Å². The second kappa shape index (κ2) is 8.92. The summed E-state index contributed by atoms with van der Waals surface area (Å²) >= 11 is 0. The van der Waals surface area contributed by atoms with Gasteiger partial charge in [0.05, 0.1) is 31.4 Å². The van der Waals surface area contributed by atoms with Gasteiger partial charge >= 0.3 is 0 Å². The van der Waals surface area contributed by atoms with E-state index < -0.39 is 17.7 Å². The van der Waals surface area contributed by atoms with Crippen LogP contribution in [0.5, 0.6) is 11.5 Å². The molecule has 36 heavy (non-hydrogen) atoms. The van der Waals surface area contributed by atoms with Crippen LogP contribution in [0, 0.1) is 13.8 Å². The number of aliphatic hydroxyl groups excluding tert-OH is 1. The summed E-state index contributed by atoms with van der Waals surface area (Å²) < 4.78 is 10.9. The monoisotopic (exact) mass is 482 g/mol. The topological polar surface area (TPSA) is 91.9 Å². The van der Waals surface area contributed by atoms with E-state index in [1.807, 2.05) is 44.2 Å². The molecule has 1 atom stereocenters. The number of ketones is 1. The lowest BCUT2D eigenvalue weighted by molar-refractivity contribution is -0.132. The average Bonchev–Trinajstić information content (AvgIpc) is 3.35. The molecule has 2 heterocycles. The Kier molecular flexibility index (Phi) is 5.76. The highest BCUT2D eigenvalue weighted by atomic mass is 16.5. The Morgan fingerprint density at radius 1 is 0.944 bits per heavy atom. The van der Waals surface area contributed by atoms with Crippen molar-refractivity contribution in [1.82, 2.24) is 4.98 Å². The van der Waals surface area contributed by atoms with Crippen LogP contribution in [0.3, 0.4) is 0 Å². The molecule has 7 heteroatoms. The summed E-state index contributed by atoms with van der Waals surface area (Å²) in [4.78, 5) is 32.0. The number of carbonyl (C=O) groups excluding carboxylic acids is 2. The maximum Gasteiger partial charge on any atom is 0.300 e. The maximum atomic E-state index is 13.6. The lowest BCUT2D eigenvalue weighted by atomic mass is 9.92. The fraction of sp³-hybridized carbons (Fsp3) is 0.172. The summed E-state index contributed by atoms with van der Waals surface area (Å²) in [5, 5.41) is 12.5. The van der Waals surface area contributed by atoms with Gasteiger partial charge in [-0.3, -0.25) is 14.5 Å². The summed E-state index contributed by atoms with van der Waals surface area (Å²) in [6, 6.07) is 19.1. The largest absolute Gasteiger partial charge is 0.507 e. The minimum atomic E-state index is -0.876. The highest BCUT2D eigenvalue weighted by molar-refractivity contribution is 6.52. The third-order valence-electron chi connectivity index (χ3n) is 6.60. The average molecular weight is 483 g/mol. The van der Waals surface area contributed by atoms with Crippen LogP contribution in [-0.4, -0.2) is 36.0 Å². The number of carbonyl (C=O) groups is 2. The van der Waals surface area contributed by atoms with Crippen molar-refractivity contribution in [2.75, 3.05) is 19.1 Å². The summed E-state index contributed by atoms with van der Waals surface area (Å²) in [5.74, 6) is -0.835. The Hall–Kier alpha value is -4.52. The van der Waals surface area contributed by atoms with Crippen molar-refractivity contribution in [2.45, 2.75) is 19.9 Å². The van der Waals surface area contributed by atoms with Crippen molar-refractivity contribution in [3.63, 3.8) is 0 Å². The number of rotatable bonds is 5. The minimum absolute atomic E-state index is 0.000395. The molecule has 182 valence electrons. The first-order valence-electron chi connectivity index (χ1n) is 11.5. The van der Waals surface area contributed by atoms with Crippen LogP contribution in [0.2, 0.25) is 0 Å². The zero-order valence-electron chi connectivity index (χ0n) is 20.5. The summed E-state index contributed by atoms with van der Waals surface area (Å²) in [6.07, 6.45) is 0. The number of H-pyrrole nitrogens is 1. The molecule has 2 N–H and O–H groups in total. The molecule has 0 radical (unpaired) electrons. The molecular weight excluding hydrogens is 456 g/mol. The minimum Gasteiger partial charge on any atom is -0.507 e. The molecule has 1 amide bonds. The number of benzene rings is 3. The number of ether oxygens (including phenoxy) is 2. The SMILES string of the molecule is COc1cccc(N2C(=O)C(=O)/C(=C(/O)c3cc(C)ccc3OC)C2c2c(C)[nH]c3ccccc23)c1. The van der Waals surface area contributed by atoms with E-state index in [-0.39, 0.29) is 11.3 Å². The van der Waals surface area contributed by atoms with Crippen LogP contribution in [0.15, 0.2) is 72.3 Å². The molecular formula is C29H26N2O5. The standard InChI is InChI=1S/C29H26N2O5/c1-16-12-13-23(36-4)21(14-16)27(32)25-26(24-17(2)30-22-11-6-5-10-20(22)24)31(29(34)28(25)33)18-8-7-9-19(15-18)35-3/h5-15,26,30,32H,1-4H3/b27-25+. The molecule has 0 aliphatic carbocycles. The van der Waals surface area contributed by atoms with E-state index in [2.05, 4.69) is 4.98 Å². The third kappa shape index (κ3) is 3.60. The van der Waals surface area contributed by atoms with Crippen molar-refractivity contribution < 1.29 is 24.2 Å². The summed E-state index contributed by atoms with van der Waals surface area (Å²) in [6.45, 7) is 3.78. The van der Waals surface area contributed by atoms with Gasteiger partial charge < -0.3 is 19.6 Å². The molecule has 0 bridgehead atoms. The number of aromatic amines is 1. The molecule has 4 aromatic rings. The van der Waals surface area contributed by atoms with E-state index in [1.54, 1.807) is 43.5 Å². The first kappa shape index (κ1) is 23.2. The molecule has 1 aromatic heterocycles. The molecule has 0 saturated carbocycles. The number of Topliss-reactive ketones (excluding diaryl/α,β-unsaturated/α-hetero) is 1. The van der Waals surface area contributed by atoms with Crippen molar-refractivity contribution in [3.05, 3.63) is 94.7 Å². The first-order valence-corrected chi connectivity index (χ1v) is 11.5.